The molecule has 21 heavy (non-hydrogen) atoms. The number of furan rings is 1. The lowest BCUT2D eigenvalue weighted by Crippen LogP contribution is -2.46. The number of piperidine rings is 1. The molecule has 2 aliphatic rings. The molecule has 1 amide bonds. The van der Waals surface area contributed by atoms with Gasteiger partial charge in [-0.3, -0.25) is 9.48 Å². The van der Waals surface area contributed by atoms with E-state index >= 15 is 0 Å². The Balaban J connectivity index is 1.57. The van der Waals surface area contributed by atoms with Crippen molar-refractivity contribution in [3.63, 3.8) is 0 Å². The van der Waals surface area contributed by atoms with Gasteiger partial charge in [-0.05, 0) is 37.8 Å². The fourth-order valence-corrected chi connectivity index (χ4v) is 4.07. The minimum absolute atomic E-state index is 0.125. The lowest BCUT2D eigenvalue weighted by Gasteiger charge is -2.38. The molecule has 2 fully saturated rings. The normalized spacial score (nSPS) is 28.0. The van der Waals surface area contributed by atoms with Crippen LogP contribution in [0, 0.1) is 0 Å². The van der Waals surface area contributed by atoms with Gasteiger partial charge in [0.2, 0.25) is 0 Å². The van der Waals surface area contributed by atoms with Crippen molar-refractivity contribution < 1.29 is 9.21 Å². The van der Waals surface area contributed by atoms with Crippen LogP contribution in [-0.2, 0) is 7.05 Å². The first-order valence-electron chi connectivity index (χ1n) is 7.57. The summed E-state index contributed by atoms with van der Waals surface area (Å²) in [6.45, 7) is 0. The van der Waals surface area contributed by atoms with E-state index in [0.29, 0.717) is 23.6 Å². The van der Waals surface area contributed by atoms with Gasteiger partial charge in [0, 0.05) is 36.9 Å². The number of amides is 1. The van der Waals surface area contributed by atoms with Crippen LogP contribution in [0.25, 0.3) is 0 Å². The third-order valence-electron chi connectivity index (χ3n) is 5.01. The Hall–Kier alpha value is -2.04. The highest BCUT2D eigenvalue weighted by molar-refractivity contribution is 5.94. The average Bonchev–Trinajstić information content (AvgIpc) is 3.19. The molecule has 2 unspecified atom stereocenters. The molecule has 5 nitrogen and oxygen atoms in total. The fourth-order valence-electron chi connectivity index (χ4n) is 4.07. The molecule has 2 aliphatic heterocycles. The maximum absolute atomic E-state index is 12.6. The van der Waals surface area contributed by atoms with Gasteiger partial charge in [0.1, 0.15) is 6.26 Å². The van der Waals surface area contributed by atoms with Crippen LogP contribution in [0.15, 0.2) is 35.3 Å². The Morgan fingerprint density at radius 3 is 2.62 bits per heavy atom. The Morgan fingerprint density at radius 1 is 1.29 bits per heavy atom. The highest BCUT2D eigenvalue weighted by Crippen LogP contribution is 2.43. The second kappa shape index (κ2) is 4.76. The number of hydrogen-bond acceptors (Lipinski definition) is 3. The zero-order chi connectivity index (χ0) is 14.4. The second-order valence-electron chi connectivity index (χ2n) is 6.16. The summed E-state index contributed by atoms with van der Waals surface area (Å²) >= 11 is 0. The Kier molecular flexibility index (Phi) is 2.87. The van der Waals surface area contributed by atoms with Crippen molar-refractivity contribution in [3.05, 3.63) is 42.1 Å². The Bertz CT molecular complexity index is 632. The first kappa shape index (κ1) is 12.7. The van der Waals surface area contributed by atoms with Crippen LogP contribution in [0.2, 0.25) is 0 Å². The molecule has 0 aliphatic carbocycles. The maximum atomic E-state index is 12.6. The van der Waals surface area contributed by atoms with Gasteiger partial charge >= 0.3 is 0 Å². The molecular weight excluding hydrogens is 266 g/mol. The lowest BCUT2D eigenvalue weighted by molar-refractivity contribution is 0.0567. The monoisotopic (exact) mass is 285 g/mol. The summed E-state index contributed by atoms with van der Waals surface area (Å²) in [4.78, 5) is 14.7. The highest BCUT2D eigenvalue weighted by Gasteiger charge is 2.44. The van der Waals surface area contributed by atoms with Crippen molar-refractivity contribution >= 4 is 5.91 Å². The summed E-state index contributed by atoms with van der Waals surface area (Å²) in [6.07, 6.45) is 9.29. The van der Waals surface area contributed by atoms with Crippen LogP contribution >= 0.6 is 0 Å². The standard InChI is InChI=1S/C16H19N3O2/c1-18-15(4-6-17-18)12-8-13-2-3-14(9-12)19(13)16(20)11-5-7-21-10-11/h4-7,10,12-14H,2-3,8-9H2,1H3. The first-order chi connectivity index (χ1) is 10.2. The van der Waals surface area contributed by atoms with Gasteiger partial charge in [0.05, 0.1) is 11.8 Å². The zero-order valence-corrected chi connectivity index (χ0v) is 12.1. The van der Waals surface area contributed by atoms with Crippen LogP contribution in [0.1, 0.15) is 47.7 Å². The van der Waals surface area contributed by atoms with Crippen LogP contribution in [0.5, 0.6) is 0 Å². The van der Waals surface area contributed by atoms with Gasteiger partial charge in [-0.15, -0.1) is 0 Å². The average molecular weight is 285 g/mol. The lowest BCUT2D eigenvalue weighted by atomic mass is 9.87. The third kappa shape index (κ3) is 1.99. The van der Waals surface area contributed by atoms with Crippen molar-refractivity contribution in [3.8, 4) is 0 Å². The molecule has 2 atom stereocenters. The van der Waals surface area contributed by atoms with E-state index in [-0.39, 0.29) is 5.91 Å². The fraction of sp³-hybridized carbons (Fsp3) is 0.500. The first-order valence-corrected chi connectivity index (χ1v) is 7.57. The van der Waals surface area contributed by atoms with Crippen molar-refractivity contribution in [2.45, 2.75) is 43.7 Å². The Labute approximate surface area is 123 Å². The maximum Gasteiger partial charge on any atom is 0.257 e. The minimum Gasteiger partial charge on any atom is -0.472 e. The molecule has 2 bridgehead atoms. The summed E-state index contributed by atoms with van der Waals surface area (Å²) in [5, 5.41) is 4.28. The van der Waals surface area contributed by atoms with E-state index in [9.17, 15) is 4.79 Å². The van der Waals surface area contributed by atoms with E-state index in [4.69, 9.17) is 4.42 Å². The van der Waals surface area contributed by atoms with E-state index in [2.05, 4.69) is 16.1 Å². The van der Waals surface area contributed by atoms with Gasteiger partial charge in [-0.2, -0.15) is 5.10 Å². The summed E-state index contributed by atoms with van der Waals surface area (Å²) in [5.41, 5.74) is 1.97. The van der Waals surface area contributed by atoms with Crippen LogP contribution < -0.4 is 0 Å². The van der Waals surface area contributed by atoms with Gasteiger partial charge in [0.25, 0.3) is 5.91 Å². The number of carbonyl (C=O) groups excluding carboxylic acids is 1. The molecule has 4 heterocycles. The molecular formula is C16H19N3O2. The molecule has 0 saturated carbocycles. The molecule has 0 spiro atoms. The van der Waals surface area contributed by atoms with Crippen molar-refractivity contribution in [1.29, 1.82) is 0 Å². The van der Waals surface area contributed by atoms with Crippen LogP contribution in [0.3, 0.4) is 0 Å². The minimum atomic E-state index is 0.125. The molecule has 0 radical (unpaired) electrons. The van der Waals surface area contributed by atoms with Crippen molar-refractivity contribution in [1.82, 2.24) is 14.7 Å². The molecule has 0 aromatic carbocycles. The molecule has 2 saturated heterocycles. The van der Waals surface area contributed by atoms with Crippen LogP contribution in [0.4, 0.5) is 0 Å². The molecule has 0 N–H and O–H groups in total. The molecule has 5 heteroatoms. The van der Waals surface area contributed by atoms with E-state index < -0.39 is 0 Å². The number of fused-ring (bicyclic) bond motifs is 2. The van der Waals surface area contributed by atoms with E-state index in [1.807, 2.05) is 17.9 Å². The summed E-state index contributed by atoms with van der Waals surface area (Å²) in [7, 11) is 2.00. The second-order valence-corrected chi connectivity index (χ2v) is 6.16. The SMILES string of the molecule is Cn1nccc1C1CC2CCC(C1)N2C(=O)c1ccoc1. The molecule has 110 valence electrons. The van der Waals surface area contributed by atoms with E-state index in [1.54, 1.807) is 18.6 Å². The highest BCUT2D eigenvalue weighted by atomic mass is 16.3. The number of hydrogen-bond donors (Lipinski definition) is 0. The number of aromatic nitrogens is 2. The predicted octanol–water partition coefficient (Wildman–Crippen LogP) is 2.56. The zero-order valence-electron chi connectivity index (χ0n) is 12.1. The van der Waals surface area contributed by atoms with E-state index in [1.165, 1.54) is 5.69 Å². The molecule has 2 aromatic rings. The number of carbonyl (C=O) groups is 1. The van der Waals surface area contributed by atoms with Crippen molar-refractivity contribution in [2.75, 3.05) is 0 Å². The smallest absolute Gasteiger partial charge is 0.257 e. The van der Waals surface area contributed by atoms with Gasteiger partial charge in [0.15, 0.2) is 0 Å². The van der Waals surface area contributed by atoms with Gasteiger partial charge < -0.3 is 9.32 Å². The number of aryl methyl sites for hydroxylation is 1. The molecule has 4 rings (SSSR count). The predicted molar refractivity (Wildman–Crippen MR) is 76.9 cm³/mol. The summed E-state index contributed by atoms with van der Waals surface area (Å²) in [6, 6.07) is 4.57. The summed E-state index contributed by atoms with van der Waals surface area (Å²) < 4.78 is 7.02. The number of nitrogens with zero attached hydrogens (tertiary/aromatic N) is 3. The van der Waals surface area contributed by atoms with E-state index in [0.717, 1.165) is 25.7 Å². The quantitative estimate of drug-likeness (QED) is 0.852. The number of rotatable bonds is 2. The Morgan fingerprint density at radius 2 is 2.05 bits per heavy atom. The van der Waals surface area contributed by atoms with Gasteiger partial charge in [-0.1, -0.05) is 0 Å². The van der Waals surface area contributed by atoms with Crippen molar-refractivity contribution in [2.24, 2.45) is 7.05 Å². The largest absolute Gasteiger partial charge is 0.472 e. The topological polar surface area (TPSA) is 51.3 Å². The van der Waals surface area contributed by atoms with Gasteiger partial charge in [-0.25, -0.2) is 0 Å². The van der Waals surface area contributed by atoms with Crippen LogP contribution in [-0.4, -0.2) is 32.7 Å². The third-order valence-corrected chi connectivity index (χ3v) is 5.01. The summed E-state index contributed by atoms with van der Waals surface area (Å²) in [5.74, 6) is 0.642. The molecule has 2 aromatic heterocycles.